The summed E-state index contributed by atoms with van der Waals surface area (Å²) in [4.78, 5) is 4.24. The molecule has 0 aliphatic carbocycles. The first-order valence-corrected chi connectivity index (χ1v) is 6.85. The highest BCUT2D eigenvalue weighted by Gasteiger charge is 2.12. The summed E-state index contributed by atoms with van der Waals surface area (Å²) in [5, 5.41) is 13.4. The largest absolute Gasteiger partial charge is 0.484 e. The minimum Gasteiger partial charge on any atom is -0.484 e. The zero-order valence-corrected chi connectivity index (χ0v) is 12.1. The van der Waals surface area contributed by atoms with Gasteiger partial charge in [0.1, 0.15) is 11.8 Å². The van der Waals surface area contributed by atoms with Crippen molar-refractivity contribution in [2.75, 3.05) is 0 Å². The van der Waals surface area contributed by atoms with E-state index in [1.165, 1.54) is 0 Å². The maximum atomic E-state index is 9.00. The van der Waals surface area contributed by atoms with Crippen LogP contribution < -0.4 is 4.74 Å². The third-order valence-corrected chi connectivity index (χ3v) is 3.27. The first kappa shape index (κ1) is 14.1. The van der Waals surface area contributed by atoms with Crippen LogP contribution in [0.5, 0.6) is 5.75 Å². The lowest BCUT2D eigenvalue weighted by Gasteiger charge is -2.04. The quantitative estimate of drug-likeness (QED) is 0.732. The highest BCUT2D eigenvalue weighted by molar-refractivity contribution is 6.33. The van der Waals surface area contributed by atoms with E-state index in [0.29, 0.717) is 33.6 Å². The van der Waals surface area contributed by atoms with Crippen LogP contribution in [-0.2, 0) is 6.61 Å². The summed E-state index contributed by atoms with van der Waals surface area (Å²) in [5.41, 5.74) is 1.12. The lowest BCUT2D eigenvalue weighted by molar-refractivity contribution is 0.286. The number of aromatic nitrogens is 2. The highest BCUT2D eigenvalue weighted by atomic mass is 35.5. The van der Waals surface area contributed by atoms with E-state index in [-0.39, 0.29) is 6.61 Å². The predicted molar refractivity (Wildman–Crippen MR) is 80.2 cm³/mol. The number of hydrogen-bond donors (Lipinski definition) is 0. The van der Waals surface area contributed by atoms with Crippen molar-refractivity contribution in [3.8, 4) is 23.3 Å². The van der Waals surface area contributed by atoms with Crippen molar-refractivity contribution in [3.05, 3.63) is 64.9 Å². The Morgan fingerprint density at radius 1 is 1.14 bits per heavy atom. The molecule has 3 aromatic rings. The van der Waals surface area contributed by atoms with Crippen LogP contribution >= 0.6 is 11.6 Å². The summed E-state index contributed by atoms with van der Waals surface area (Å²) in [6.07, 6.45) is 0. The molecule has 2 aromatic carbocycles. The van der Waals surface area contributed by atoms with Crippen LogP contribution in [0.3, 0.4) is 0 Å². The summed E-state index contributed by atoms with van der Waals surface area (Å²) < 4.78 is 10.7. The van der Waals surface area contributed by atoms with Gasteiger partial charge in [0, 0.05) is 0 Å². The Labute approximate surface area is 131 Å². The first-order chi connectivity index (χ1) is 10.8. The molecule has 0 N–H and O–H groups in total. The molecule has 0 unspecified atom stereocenters. The Bertz CT molecular complexity index is 839. The lowest BCUT2D eigenvalue weighted by Crippen LogP contribution is -1.99. The molecule has 3 rings (SSSR count). The Morgan fingerprint density at radius 2 is 1.91 bits per heavy atom. The molecule has 22 heavy (non-hydrogen) atoms. The van der Waals surface area contributed by atoms with Crippen molar-refractivity contribution >= 4 is 11.6 Å². The van der Waals surface area contributed by atoms with E-state index < -0.39 is 0 Å². The van der Waals surface area contributed by atoms with Gasteiger partial charge in [0.2, 0.25) is 5.82 Å². The number of benzene rings is 2. The fourth-order valence-corrected chi connectivity index (χ4v) is 2.10. The molecule has 0 atom stereocenters. The van der Waals surface area contributed by atoms with E-state index >= 15 is 0 Å². The van der Waals surface area contributed by atoms with E-state index in [0.717, 1.165) is 0 Å². The Balaban J connectivity index is 1.76. The van der Waals surface area contributed by atoms with Crippen LogP contribution in [0.25, 0.3) is 11.5 Å². The first-order valence-electron chi connectivity index (χ1n) is 6.47. The number of ether oxygens (including phenoxy) is 1. The van der Waals surface area contributed by atoms with Crippen molar-refractivity contribution in [1.29, 1.82) is 5.26 Å². The maximum Gasteiger partial charge on any atom is 0.259 e. The normalized spacial score (nSPS) is 10.2. The number of rotatable bonds is 4. The molecule has 0 fully saturated rings. The minimum absolute atomic E-state index is 0.104. The summed E-state index contributed by atoms with van der Waals surface area (Å²) in [6.45, 7) is 0.104. The average molecular weight is 312 g/mol. The molecule has 5 nitrogen and oxygen atoms in total. The number of nitrogens with zero attached hydrogens (tertiary/aromatic N) is 3. The van der Waals surface area contributed by atoms with Gasteiger partial charge in [-0.2, -0.15) is 10.2 Å². The Morgan fingerprint density at radius 3 is 2.73 bits per heavy atom. The van der Waals surface area contributed by atoms with E-state index in [1.54, 1.807) is 36.4 Å². The monoisotopic (exact) mass is 311 g/mol. The topological polar surface area (TPSA) is 71.9 Å². The predicted octanol–water partition coefficient (Wildman–Crippen LogP) is 3.84. The molecule has 0 bridgehead atoms. The minimum atomic E-state index is 0.104. The van der Waals surface area contributed by atoms with E-state index in [9.17, 15) is 0 Å². The van der Waals surface area contributed by atoms with Crippen molar-refractivity contribution in [1.82, 2.24) is 10.1 Å². The number of nitriles is 1. The van der Waals surface area contributed by atoms with E-state index in [1.807, 2.05) is 12.1 Å². The highest BCUT2D eigenvalue weighted by Crippen LogP contribution is 2.26. The standard InChI is InChI=1S/C16H10ClN3O2/c17-13-7-3-2-6-12(13)16-19-15(20-22-16)10-21-14-8-4-1-5-11(14)9-18/h1-8H,10H2. The van der Waals surface area contributed by atoms with Gasteiger partial charge >= 0.3 is 0 Å². The molecule has 0 aliphatic heterocycles. The molecule has 0 spiro atoms. The zero-order valence-electron chi connectivity index (χ0n) is 11.4. The van der Waals surface area contributed by atoms with Gasteiger partial charge in [0.25, 0.3) is 5.89 Å². The van der Waals surface area contributed by atoms with Gasteiger partial charge in [-0.25, -0.2) is 0 Å². The molecular formula is C16H10ClN3O2. The summed E-state index contributed by atoms with van der Waals surface area (Å²) in [6, 6.07) is 16.2. The van der Waals surface area contributed by atoms with Crippen molar-refractivity contribution in [2.45, 2.75) is 6.61 Å². The molecule has 0 aliphatic rings. The van der Waals surface area contributed by atoms with Crippen molar-refractivity contribution < 1.29 is 9.26 Å². The molecule has 0 amide bonds. The van der Waals surface area contributed by atoms with Crippen molar-refractivity contribution in [3.63, 3.8) is 0 Å². The smallest absolute Gasteiger partial charge is 0.259 e. The van der Waals surface area contributed by atoms with Gasteiger partial charge in [-0.15, -0.1) is 0 Å². The molecule has 1 aromatic heterocycles. The molecule has 1 heterocycles. The lowest BCUT2D eigenvalue weighted by atomic mass is 10.2. The van der Waals surface area contributed by atoms with Crippen LogP contribution in [0, 0.1) is 11.3 Å². The second kappa shape index (κ2) is 6.29. The number of para-hydroxylation sites is 1. The van der Waals surface area contributed by atoms with Crippen LogP contribution in [0.1, 0.15) is 11.4 Å². The van der Waals surface area contributed by atoms with E-state index in [2.05, 4.69) is 16.2 Å². The summed E-state index contributed by atoms with van der Waals surface area (Å²) >= 11 is 6.09. The number of hydrogen-bond acceptors (Lipinski definition) is 5. The third kappa shape index (κ3) is 2.92. The van der Waals surface area contributed by atoms with Gasteiger partial charge < -0.3 is 9.26 Å². The third-order valence-electron chi connectivity index (χ3n) is 2.94. The summed E-state index contributed by atoms with van der Waals surface area (Å²) in [7, 11) is 0. The molecule has 0 saturated heterocycles. The molecule has 0 radical (unpaired) electrons. The Hall–Kier alpha value is -2.84. The fourth-order valence-electron chi connectivity index (χ4n) is 1.88. The van der Waals surface area contributed by atoms with Gasteiger partial charge in [-0.1, -0.05) is 41.0 Å². The van der Waals surface area contributed by atoms with Crippen LogP contribution in [-0.4, -0.2) is 10.1 Å². The maximum absolute atomic E-state index is 9.00. The van der Waals surface area contributed by atoms with E-state index in [4.69, 9.17) is 26.1 Å². The van der Waals surface area contributed by atoms with Crippen LogP contribution in [0.15, 0.2) is 53.1 Å². The molecule has 6 heteroatoms. The van der Waals surface area contributed by atoms with Gasteiger partial charge in [-0.3, -0.25) is 0 Å². The Kier molecular flexibility index (Phi) is 4.03. The molecule has 108 valence electrons. The zero-order chi connectivity index (χ0) is 15.4. The SMILES string of the molecule is N#Cc1ccccc1OCc1noc(-c2ccccc2Cl)n1. The fraction of sp³-hybridized carbons (Fsp3) is 0.0625. The second-order valence-electron chi connectivity index (χ2n) is 4.39. The summed E-state index contributed by atoms with van der Waals surface area (Å²) in [5.74, 6) is 1.19. The van der Waals surface area contributed by atoms with Crippen molar-refractivity contribution in [2.24, 2.45) is 0 Å². The molecular weight excluding hydrogens is 302 g/mol. The second-order valence-corrected chi connectivity index (χ2v) is 4.80. The average Bonchev–Trinajstić information content (AvgIpc) is 3.02. The number of halogens is 1. The van der Waals surface area contributed by atoms with Gasteiger partial charge in [-0.05, 0) is 24.3 Å². The van der Waals surface area contributed by atoms with Gasteiger partial charge in [0.15, 0.2) is 6.61 Å². The van der Waals surface area contributed by atoms with Crippen LogP contribution in [0.4, 0.5) is 0 Å². The molecule has 0 saturated carbocycles. The van der Waals surface area contributed by atoms with Gasteiger partial charge in [0.05, 0.1) is 16.1 Å². The van der Waals surface area contributed by atoms with Crippen LogP contribution in [0.2, 0.25) is 5.02 Å².